The summed E-state index contributed by atoms with van der Waals surface area (Å²) in [7, 11) is 1.39. The maximum absolute atomic E-state index is 11.4. The third-order valence-electron chi connectivity index (χ3n) is 4.08. The number of aryl methyl sites for hydroxylation is 3. The quantitative estimate of drug-likeness (QED) is 0.779. The zero-order valence-corrected chi connectivity index (χ0v) is 13.1. The number of nitrogens with two attached hydrogens (primary N) is 1. The van der Waals surface area contributed by atoms with Crippen LogP contribution in [0.15, 0.2) is 18.2 Å². The largest absolute Gasteiger partial charge is 0.468 e. The van der Waals surface area contributed by atoms with Gasteiger partial charge in [0, 0.05) is 0 Å². The minimum absolute atomic E-state index is 0.311. The number of carbonyl (C=O) groups is 1. The van der Waals surface area contributed by atoms with E-state index in [9.17, 15) is 4.79 Å². The third kappa shape index (κ3) is 4.97. The van der Waals surface area contributed by atoms with Crippen LogP contribution < -0.4 is 5.73 Å². The maximum atomic E-state index is 11.4. The lowest BCUT2D eigenvalue weighted by Gasteiger charge is -2.18. The van der Waals surface area contributed by atoms with Crippen molar-refractivity contribution >= 4 is 5.97 Å². The van der Waals surface area contributed by atoms with Gasteiger partial charge in [-0.2, -0.15) is 0 Å². The minimum atomic E-state index is -0.496. The molecular weight excluding hydrogens is 250 g/mol. The summed E-state index contributed by atoms with van der Waals surface area (Å²) in [5.74, 6) is 0.153. The van der Waals surface area contributed by atoms with Crippen LogP contribution in [0.3, 0.4) is 0 Å². The van der Waals surface area contributed by atoms with Gasteiger partial charge in [-0.05, 0) is 55.7 Å². The van der Waals surface area contributed by atoms with Crippen molar-refractivity contribution in [1.82, 2.24) is 0 Å². The lowest BCUT2D eigenvalue weighted by atomic mass is 9.90. The monoisotopic (exact) mass is 277 g/mol. The average Bonchev–Trinajstić information content (AvgIpc) is 2.45. The van der Waals surface area contributed by atoms with Gasteiger partial charge in [0.2, 0.25) is 0 Å². The lowest BCUT2D eigenvalue weighted by molar-refractivity contribution is -0.142. The van der Waals surface area contributed by atoms with E-state index in [1.807, 2.05) is 0 Å². The Morgan fingerprint density at radius 1 is 1.30 bits per heavy atom. The van der Waals surface area contributed by atoms with Gasteiger partial charge < -0.3 is 10.5 Å². The zero-order chi connectivity index (χ0) is 15.1. The predicted octanol–water partition coefficient (Wildman–Crippen LogP) is 3.15. The Balaban J connectivity index is 2.52. The summed E-state index contributed by atoms with van der Waals surface area (Å²) in [6.45, 7) is 6.42. The molecule has 0 aromatic heterocycles. The van der Waals surface area contributed by atoms with Crippen LogP contribution in [0, 0.1) is 19.8 Å². The van der Waals surface area contributed by atoms with Gasteiger partial charge in [-0.25, -0.2) is 0 Å². The van der Waals surface area contributed by atoms with Gasteiger partial charge in [0.05, 0.1) is 7.11 Å². The van der Waals surface area contributed by atoms with Gasteiger partial charge in [0.25, 0.3) is 0 Å². The van der Waals surface area contributed by atoms with Crippen molar-refractivity contribution < 1.29 is 9.53 Å². The molecule has 0 radical (unpaired) electrons. The van der Waals surface area contributed by atoms with Crippen LogP contribution in [-0.4, -0.2) is 19.1 Å². The van der Waals surface area contributed by atoms with E-state index in [4.69, 9.17) is 5.73 Å². The zero-order valence-electron chi connectivity index (χ0n) is 13.1. The Bertz CT molecular complexity index is 443. The Hall–Kier alpha value is -1.35. The molecule has 0 fully saturated rings. The number of rotatable bonds is 7. The number of hydrogen-bond acceptors (Lipinski definition) is 3. The maximum Gasteiger partial charge on any atom is 0.322 e. The number of esters is 1. The van der Waals surface area contributed by atoms with Gasteiger partial charge in [0.1, 0.15) is 6.04 Å². The Kier molecular flexibility index (Phi) is 6.73. The summed E-state index contributed by atoms with van der Waals surface area (Å²) in [4.78, 5) is 11.4. The molecular formula is C17H27NO2. The standard InChI is InChI=1S/C17H27NO2/c1-5-14(11-16(18)17(19)20-4)8-9-15-7-6-12(2)13(3)10-15/h6-7,10,14,16H,5,8-9,11,18H2,1-4H3. The smallest absolute Gasteiger partial charge is 0.322 e. The molecule has 3 nitrogen and oxygen atoms in total. The first-order valence-electron chi connectivity index (χ1n) is 7.37. The van der Waals surface area contributed by atoms with Crippen LogP contribution in [0.25, 0.3) is 0 Å². The molecule has 0 aliphatic rings. The molecule has 2 unspecified atom stereocenters. The highest BCUT2D eigenvalue weighted by Gasteiger charge is 2.18. The second-order valence-electron chi connectivity index (χ2n) is 5.60. The van der Waals surface area contributed by atoms with Crippen molar-refractivity contribution in [2.45, 2.75) is 52.5 Å². The van der Waals surface area contributed by atoms with E-state index in [1.54, 1.807) is 0 Å². The number of ether oxygens (including phenoxy) is 1. The Morgan fingerprint density at radius 3 is 2.55 bits per heavy atom. The SMILES string of the molecule is CCC(CCc1ccc(C)c(C)c1)CC(N)C(=O)OC. The van der Waals surface area contributed by atoms with Crippen LogP contribution in [0.1, 0.15) is 42.9 Å². The van der Waals surface area contributed by atoms with Gasteiger partial charge in [-0.3, -0.25) is 4.79 Å². The molecule has 0 saturated heterocycles. The van der Waals surface area contributed by atoms with Gasteiger partial charge >= 0.3 is 5.97 Å². The molecule has 3 heteroatoms. The van der Waals surface area contributed by atoms with E-state index in [1.165, 1.54) is 23.8 Å². The molecule has 0 aliphatic carbocycles. The van der Waals surface area contributed by atoms with E-state index in [2.05, 4.69) is 43.7 Å². The number of methoxy groups -OCH3 is 1. The first kappa shape index (κ1) is 16.7. The molecule has 0 spiro atoms. The summed E-state index contributed by atoms with van der Waals surface area (Å²) in [5, 5.41) is 0. The van der Waals surface area contributed by atoms with Crippen molar-refractivity contribution in [3.8, 4) is 0 Å². The summed E-state index contributed by atoms with van der Waals surface area (Å²) in [6, 6.07) is 6.12. The average molecular weight is 277 g/mol. The second-order valence-corrected chi connectivity index (χ2v) is 5.60. The van der Waals surface area contributed by atoms with Crippen LogP contribution >= 0.6 is 0 Å². The first-order valence-corrected chi connectivity index (χ1v) is 7.37. The lowest BCUT2D eigenvalue weighted by Crippen LogP contribution is -2.33. The Morgan fingerprint density at radius 2 is 2.00 bits per heavy atom. The fraction of sp³-hybridized carbons (Fsp3) is 0.588. The number of benzene rings is 1. The topological polar surface area (TPSA) is 52.3 Å². The summed E-state index contributed by atoms with van der Waals surface area (Å²) in [6.07, 6.45) is 3.83. The van der Waals surface area contributed by atoms with E-state index >= 15 is 0 Å². The summed E-state index contributed by atoms with van der Waals surface area (Å²) < 4.78 is 4.69. The molecule has 1 rings (SSSR count). The number of carbonyl (C=O) groups excluding carboxylic acids is 1. The van der Waals surface area contributed by atoms with Crippen LogP contribution in [0.2, 0.25) is 0 Å². The van der Waals surface area contributed by atoms with Gasteiger partial charge in [0.15, 0.2) is 0 Å². The third-order valence-corrected chi connectivity index (χ3v) is 4.08. The predicted molar refractivity (Wildman–Crippen MR) is 82.6 cm³/mol. The highest BCUT2D eigenvalue weighted by atomic mass is 16.5. The molecule has 0 aliphatic heterocycles. The van der Waals surface area contributed by atoms with E-state index in [0.29, 0.717) is 12.3 Å². The van der Waals surface area contributed by atoms with Crippen molar-refractivity contribution in [1.29, 1.82) is 0 Å². The number of hydrogen-bond donors (Lipinski definition) is 1. The van der Waals surface area contributed by atoms with E-state index in [-0.39, 0.29) is 5.97 Å². The van der Waals surface area contributed by atoms with Crippen molar-refractivity contribution in [3.63, 3.8) is 0 Å². The second kappa shape index (κ2) is 8.05. The molecule has 0 amide bonds. The molecule has 1 aromatic carbocycles. The van der Waals surface area contributed by atoms with E-state index < -0.39 is 6.04 Å². The normalized spacial score (nSPS) is 13.8. The molecule has 112 valence electrons. The first-order chi connectivity index (χ1) is 9.47. The van der Waals surface area contributed by atoms with Gasteiger partial charge in [-0.15, -0.1) is 0 Å². The van der Waals surface area contributed by atoms with Crippen molar-refractivity contribution in [2.75, 3.05) is 7.11 Å². The fourth-order valence-electron chi connectivity index (χ4n) is 2.43. The highest BCUT2D eigenvalue weighted by Crippen LogP contribution is 2.19. The van der Waals surface area contributed by atoms with E-state index in [0.717, 1.165) is 19.3 Å². The molecule has 20 heavy (non-hydrogen) atoms. The van der Waals surface area contributed by atoms with Gasteiger partial charge in [-0.1, -0.05) is 31.5 Å². The molecule has 0 heterocycles. The minimum Gasteiger partial charge on any atom is -0.468 e. The van der Waals surface area contributed by atoms with Crippen LogP contribution in [0.4, 0.5) is 0 Å². The van der Waals surface area contributed by atoms with Crippen molar-refractivity contribution in [3.05, 3.63) is 34.9 Å². The molecule has 2 N–H and O–H groups in total. The molecule has 2 atom stereocenters. The molecule has 1 aromatic rings. The Labute approximate surface area is 122 Å². The highest BCUT2D eigenvalue weighted by molar-refractivity contribution is 5.75. The molecule has 0 bridgehead atoms. The fourth-order valence-corrected chi connectivity index (χ4v) is 2.43. The summed E-state index contributed by atoms with van der Waals surface area (Å²) in [5.41, 5.74) is 9.86. The molecule has 0 saturated carbocycles. The van der Waals surface area contributed by atoms with Crippen LogP contribution in [-0.2, 0) is 16.0 Å². The summed E-state index contributed by atoms with van der Waals surface area (Å²) >= 11 is 0. The van der Waals surface area contributed by atoms with Crippen molar-refractivity contribution in [2.24, 2.45) is 11.7 Å². The van der Waals surface area contributed by atoms with Crippen LogP contribution in [0.5, 0.6) is 0 Å².